The number of hydrogen-bond acceptors (Lipinski definition) is 7. The quantitative estimate of drug-likeness (QED) is 0.383. The number of imidazole rings is 1. The summed E-state index contributed by atoms with van der Waals surface area (Å²) in [4.78, 5) is 20.1. The Bertz CT molecular complexity index is 630. The van der Waals surface area contributed by atoms with Crippen molar-refractivity contribution in [1.29, 1.82) is 0 Å². The fourth-order valence-corrected chi connectivity index (χ4v) is 1.92. The van der Waals surface area contributed by atoms with Gasteiger partial charge < -0.3 is 16.3 Å². The van der Waals surface area contributed by atoms with Crippen LogP contribution in [0, 0.1) is 0 Å². The van der Waals surface area contributed by atoms with Gasteiger partial charge in [0.25, 0.3) is 0 Å². The molecule has 0 saturated heterocycles. The number of anilines is 2. The molecule has 0 atom stereocenters. The number of aryl methyl sites for hydroxylation is 1. The SMILES string of the molecule is CCn1c(=O)n(CCO)c2nc(N)nc(NN)c21. The number of nitrogens with two attached hydrogens (primary N) is 2. The predicted molar refractivity (Wildman–Crippen MR) is 66.8 cm³/mol. The molecule has 0 aliphatic carbocycles. The van der Waals surface area contributed by atoms with Crippen LogP contribution in [0.5, 0.6) is 0 Å². The molecule has 9 nitrogen and oxygen atoms in total. The minimum Gasteiger partial charge on any atom is -0.395 e. The summed E-state index contributed by atoms with van der Waals surface area (Å²) in [7, 11) is 0. The Hall–Kier alpha value is -2.13. The van der Waals surface area contributed by atoms with Gasteiger partial charge in [-0.25, -0.2) is 10.6 Å². The molecule has 0 aromatic carbocycles. The molecule has 0 aliphatic heterocycles. The molecule has 0 spiro atoms. The van der Waals surface area contributed by atoms with E-state index in [-0.39, 0.29) is 30.6 Å². The van der Waals surface area contributed by atoms with Crippen molar-refractivity contribution in [3.05, 3.63) is 10.5 Å². The first-order chi connectivity index (χ1) is 8.63. The Balaban J connectivity index is 2.90. The van der Waals surface area contributed by atoms with Crippen LogP contribution in [0.4, 0.5) is 11.8 Å². The molecule has 2 aromatic heterocycles. The average molecular weight is 253 g/mol. The average Bonchev–Trinajstić information content (AvgIpc) is 2.62. The number of nitrogens with one attached hydrogen (secondary N) is 1. The van der Waals surface area contributed by atoms with Crippen LogP contribution in [0.25, 0.3) is 11.2 Å². The fourth-order valence-electron chi connectivity index (χ4n) is 1.92. The van der Waals surface area contributed by atoms with Crippen LogP contribution in [-0.4, -0.2) is 30.8 Å². The van der Waals surface area contributed by atoms with Gasteiger partial charge in [0.2, 0.25) is 5.95 Å². The maximum absolute atomic E-state index is 12.1. The van der Waals surface area contributed by atoms with Crippen LogP contribution < -0.4 is 22.7 Å². The lowest BCUT2D eigenvalue weighted by atomic mass is 10.4. The molecule has 0 fully saturated rings. The molecule has 2 aromatic rings. The standard InChI is InChI=1S/C9H15N7O2/c1-2-15-5-6(14-11)12-8(10)13-7(5)16(3-4-17)9(15)18/h17H,2-4,11H2,1H3,(H3,10,12,13,14). The Labute approximate surface area is 102 Å². The molecular formula is C9H15N7O2. The lowest BCUT2D eigenvalue weighted by Gasteiger charge is -2.05. The zero-order chi connectivity index (χ0) is 13.3. The second kappa shape index (κ2) is 4.63. The van der Waals surface area contributed by atoms with Crippen molar-refractivity contribution < 1.29 is 5.11 Å². The van der Waals surface area contributed by atoms with Crippen LogP contribution in [0.1, 0.15) is 6.92 Å². The van der Waals surface area contributed by atoms with Crippen LogP contribution >= 0.6 is 0 Å². The summed E-state index contributed by atoms with van der Waals surface area (Å²) in [6.45, 7) is 2.23. The number of aliphatic hydroxyl groups is 1. The number of nitrogens with zero attached hydrogens (tertiary/aromatic N) is 4. The lowest BCUT2D eigenvalue weighted by molar-refractivity contribution is 0.275. The maximum atomic E-state index is 12.1. The molecule has 0 amide bonds. The molecule has 0 unspecified atom stereocenters. The van der Waals surface area contributed by atoms with Crippen LogP contribution in [-0.2, 0) is 13.1 Å². The van der Waals surface area contributed by atoms with E-state index in [0.717, 1.165) is 0 Å². The number of fused-ring (bicyclic) bond motifs is 1. The summed E-state index contributed by atoms with van der Waals surface area (Å²) >= 11 is 0. The molecule has 2 heterocycles. The van der Waals surface area contributed by atoms with Gasteiger partial charge in [0.15, 0.2) is 11.5 Å². The maximum Gasteiger partial charge on any atom is 0.330 e. The summed E-state index contributed by atoms with van der Waals surface area (Å²) in [6.07, 6.45) is 0. The molecule has 6 N–H and O–H groups in total. The van der Waals surface area contributed by atoms with Gasteiger partial charge in [0.1, 0.15) is 5.52 Å². The largest absolute Gasteiger partial charge is 0.395 e. The Kier molecular flexibility index (Phi) is 3.17. The minimum atomic E-state index is -0.280. The summed E-state index contributed by atoms with van der Waals surface area (Å²) in [5.41, 5.74) is 8.52. The highest BCUT2D eigenvalue weighted by Crippen LogP contribution is 2.19. The lowest BCUT2D eigenvalue weighted by Crippen LogP contribution is -2.25. The number of nitrogen functional groups attached to an aromatic ring is 2. The number of aromatic nitrogens is 4. The molecule has 18 heavy (non-hydrogen) atoms. The van der Waals surface area contributed by atoms with E-state index in [0.29, 0.717) is 17.7 Å². The molecular weight excluding hydrogens is 238 g/mol. The highest BCUT2D eigenvalue weighted by Gasteiger charge is 2.18. The van der Waals surface area contributed by atoms with Gasteiger partial charge in [-0.3, -0.25) is 9.13 Å². The van der Waals surface area contributed by atoms with Gasteiger partial charge in [-0.05, 0) is 6.92 Å². The van der Waals surface area contributed by atoms with E-state index in [2.05, 4.69) is 15.4 Å². The molecule has 98 valence electrons. The van der Waals surface area contributed by atoms with Crippen molar-refractivity contribution in [1.82, 2.24) is 19.1 Å². The minimum absolute atomic E-state index is 0.00962. The number of hydrogen-bond donors (Lipinski definition) is 4. The Morgan fingerprint density at radius 2 is 2.11 bits per heavy atom. The monoisotopic (exact) mass is 253 g/mol. The van der Waals surface area contributed by atoms with Gasteiger partial charge in [-0.1, -0.05) is 0 Å². The smallest absolute Gasteiger partial charge is 0.330 e. The van der Waals surface area contributed by atoms with E-state index >= 15 is 0 Å². The van der Waals surface area contributed by atoms with E-state index in [1.165, 1.54) is 9.13 Å². The third-order valence-corrected chi connectivity index (χ3v) is 2.65. The molecule has 0 saturated carbocycles. The number of aliphatic hydroxyl groups excluding tert-OH is 1. The highest BCUT2D eigenvalue weighted by atomic mass is 16.3. The molecule has 0 bridgehead atoms. The molecule has 2 rings (SSSR count). The summed E-state index contributed by atoms with van der Waals surface area (Å²) in [5, 5.41) is 9.00. The van der Waals surface area contributed by atoms with E-state index in [1.54, 1.807) is 0 Å². The van der Waals surface area contributed by atoms with Crippen molar-refractivity contribution in [2.24, 2.45) is 5.84 Å². The topological polar surface area (TPSA) is 137 Å². The van der Waals surface area contributed by atoms with Gasteiger partial charge in [-0.15, -0.1) is 0 Å². The van der Waals surface area contributed by atoms with Crippen LogP contribution in [0.3, 0.4) is 0 Å². The van der Waals surface area contributed by atoms with Gasteiger partial charge in [0.05, 0.1) is 13.2 Å². The second-order valence-corrected chi connectivity index (χ2v) is 3.65. The van der Waals surface area contributed by atoms with Crippen LogP contribution in [0.2, 0.25) is 0 Å². The first-order valence-corrected chi connectivity index (χ1v) is 5.48. The Morgan fingerprint density at radius 3 is 2.67 bits per heavy atom. The van der Waals surface area contributed by atoms with E-state index in [4.69, 9.17) is 16.7 Å². The highest BCUT2D eigenvalue weighted by molar-refractivity contribution is 5.84. The molecule has 9 heteroatoms. The van der Waals surface area contributed by atoms with Crippen molar-refractivity contribution >= 4 is 22.9 Å². The first kappa shape index (κ1) is 12.3. The first-order valence-electron chi connectivity index (χ1n) is 5.48. The summed E-state index contributed by atoms with van der Waals surface area (Å²) in [6, 6.07) is 0. The van der Waals surface area contributed by atoms with Crippen molar-refractivity contribution in [3.8, 4) is 0 Å². The van der Waals surface area contributed by atoms with Gasteiger partial charge in [0, 0.05) is 6.54 Å². The third-order valence-electron chi connectivity index (χ3n) is 2.65. The van der Waals surface area contributed by atoms with E-state index < -0.39 is 0 Å². The fraction of sp³-hybridized carbons (Fsp3) is 0.444. The summed E-state index contributed by atoms with van der Waals surface area (Å²) in [5.74, 6) is 5.67. The van der Waals surface area contributed by atoms with Gasteiger partial charge >= 0.3 is 5.69 Å². The van der Waals surface area contributed by atoms with Gasteiger partial charge in [-0.2, -0.15) is 9.97 Å². The normalized spacial score (nSPS) is 11.1. The predicted octanol–water partition coefficient (Wildman–Crippen LogP) is -1.53. The van der Waals surface area contributed by atoms with Crippen LogP contribution in [0.15, 0.2) is 4.79 Å². The number of rotatable bonds is 4. The summed E-state index contributed by atoms with van der Waals surface area (Å²) < 4.78 is 2.82. The third kappa shape index (κ3) is 1.69. The number of hydrazine groups is 1. The zero-order valence-electron chi connectivity index (χ0n) is 9.92. The van der Waals surface area contributed by atoms with Crippen molar-refractivity contribution in [2.75, 3.05) is 17.8 Å². The van der Waals surface area contributed by atoms with E-state index in [9.17, 15) is 4.79 Å². The zero-order valence-corrected chi connectivity index (χ0v) is 9.92. The second-order valence-electron chi connectivity index (χ2n) is 3.65. The van der Waals surface area contributed by atoms with E-state index in [1.807, 2.05) is 6.92 Å². The Morgan fingerprint density at radius 1 is 1.39 bits per heavy atom. The molecule has 0 radical (unpaired) electrons. The van der Waals surface area contributed by atoms with Crippen molar-refractivity contribution in [2.45, 2.75) is 20.0 Å². The molecule has 0 aliphatic rings. The van der Waals surface area contributed by atoms with Crippen molar-refractivity contribution in [3.63, 3.8) is 0 Å².